The summed E-state index contributed by atoms with van der Waals surface area (Å²) in [6, 6.07) is 11.6. The molecule has 2 aromatic carbocycles. The average Bonchev–Trinajstić information content (AvgIpc) is 3.70. The van der Waals surface area contributed by atoms with Crippen molar-refractivity contribution in [1.82, 2.24) is 9.88 Å². The van der Waals surface area contributed by atoms with E-state index >= 15 is 0 Å². The van der Waals surface area contributed by atoms with Crippen LogP contribution in [0.1, 0.15) is 84.0 Å². The monoisotopic (exact) mass is 719 g/mol. The number of fused-ring (bicyclic) bond motifs is 5. The summed E-state index contributed by atoms with van der Waals surface area (Å²) in [5.41, 5.74) is 4.59. The van der Waals surface area contributed by atoms with Gasteiger partial charge in [0.25, 0.3) is 5.91 Å². The van der Waals surface area contributed by atoms with Crippen molar-refractivity contribution in [2.45, 2.75) is 87.9 Å². The topological polar surface area (TPSA) is 111 Å². The SMILES string of the molecule is CO[C@]1(Cc2noc(C)c2C)/C=C/C[C@@H]2C[C@@]2(C)S(=O)(=O)NC(=O)c2ccc3c(c2)N(C[C@@H]2CC[C@H]21)C[C@@]1(CCCc2cc(Cl)ccc21)CO3. The van der Waals surface area contributed by atoms with E-state index in [2.05, 4.69) is 39.1 Å². The molecule has 1 amide bonds. The van der Waals surface area contributed by atoms with Crippen LogP contribution in [0.25, 0.3) is 0 Å². The number of anilines is 1. The van der Waals surface area contributed by atoms with E-state index in [4.69, 9.17) is 25.6 Å². The Morgan fingerprint density at radius 3 is 2.74 bits per heavy atom. The van der Waals surface area contributed by atoms with Gasteiger partial charge in [-0.25, -0.2) is 13.1 Å². The fourth-order valence-corrected chi connectivity index (χ4v) is 11.0. The Labute approximate surface area is 299 Å². The zero-order valence-electron chi connectivity index (χ0n) is 29.3. The van der Waals surface area contributed by atoms with Crippen LogP contribution in [0.15, 0.2) is 53.1 Å². The predicted octanol–water partition coefficient (Wildman–Crippen LogP) is 6.87. The van der Waals surface area contributed by atoms with Crippen LogP contribution >= 0.6 is 11.6 Å². The highest BCUT2D eigenvalue weighted by Gasteiger charge is 2.60. The second kappa shape index (κ2) is 12.1. The molecular weight excluding hydrogens is 674 g/mol. The summed E-state index contributed by atoms with van der Waals surface area (Å²) in [6.45, 7) is 7.62. The van der Waals surface area contributed by atoms with E-state index in [-0.39, 0.29) is 23.2 Å². The second-order valence-corrected chi connectivity index (χ2v) is 18.2. The molecule has 8 rings (SSSR count). The molecule has 2 fully saturated rings. The van der Waals surface area contributed by atoms with Crippen LogP contribution in [-0.2, 0) is 33.0 Å². The summed E-state index contributed by atoms with van der Waals surface area (Å²) in [4.78, 5) is 16.0. The number of aryl methyl sites for hydroxylation is 2. The van der Waals surface area contributed by atoms with Gasteiger partial charge in [-0.3, -0.25) is 4.79 Å². The smallest absolute Gasteiger partial charge is 0.264 e. The molecular formula is C39H46ClN3O6S. The summed E-state index contributed by atoms with van der Waals surface area (Å²) < 4.78 is 47.6. The molecule has 0 radical (unpaired) electrons. The molecule has 2 aliphatic heterocycles. The van der Waals surface area contributed by atoms with Gasteiger partial charge in [0, 0.05) is 48.2 Å². The van der Waals surface area contributed by atoms with Gasteiger partial charge in [-0.2, -0.15) is 0 Å². The van der Waals surface area contributed by atoms with Crippen LogP contribution in [0.3, 0.4) is 0 Å². The number of sulfonamides is 1. The van der Waals surface area contributed by atoms with Gasteiger partial charge in [0.15, 0.2) is 0 Å². The Morgan fingerprint density at radius 1 is 1.16 bits per heavy atom. The normalized spacial score (nSPS) is 33.5. The minimum atomic E-state index is -3.95. The Hall–Kier alpha value is -3.34. The van der Waals surface area contributed by atoms with Crippen LogP contribution in [0, 0.1) is 31.6 Å². The van der Waals surface area contributed by atoms with E-state index in [1.807, 2.05) is 32.0 Å². The van der Waals surface area contributed by atoms with Gasteiger partial charge in [0.05, 0.1) is 28.3 Å². The summed E-state index contributed by atoms with van der Waals surface area (Å²) in [5.74, 6) is 1.22. The number of aromatic nitrogens is 1. The van der Waals surface area contributed by atoms with Crippen molar-refractivity contribution in [2.24, 2.45) is 17.8 Å². The maximum Gasteiger partial charge on any atom is 0.264 e. The van der Waals surface area contributed by atoms with Gasteiger partial charge >= 0.3 is 0 Å². The van der Waals surface area contributed by atoms with E-state index in [0.29, 0.717) is 43.7 Å². The van der Waals surface area contributed by atoms with Crippen LogP contribution in [0.5, 0.6) is 5.75 Å². The third-order valence-electron chi connectivity index (χ3n) is 12.9. The van der Waals surface area contributed by atoms with Crippen molar-refractivity contribution in [3.63, 3.8) is 0 Å². The Kier molecular flexibility index (Phi) is 8.19. The number of halogens is 1. The molecule has 1 spiro atoms. The highest BCUT2D eigenvalue weighted by molar-refractivity contribution is 7.91. The molecule has 266 valence electrons. The Bertz CT molecular complexity index is 1990. The number of rotatable bonds is 3. The molecule has 2 bridgehead atoms. The molecule has 0 unspecified atom stereocenters. The molecule has 2 saturated carbocycles. The largest absolute Gasteiger partial charge is 0.490 e. The number of nitrogens with one attached hydrogen (secondary N) is 1. The van der Waals surface area contributed by atoms with Crippen LogP contribution in [-0.4, -0.2) is 56.6 Å². The first-order chi connectivity index (χ1) is 23.9. The van der Waals surface area contributed by atoms with Crippen molar-refractivity contribution < 1.29 is 27.2 Å². The first-order valence-electron chi connectivity index (χ1n) is 17.9. The van der Waals surface area contributed by atoms with Gasteiger partial charge < -0.3 is 18.9 Å². The molecule has 1 N–H and O–H groups in total. The number of carbonyl (C=O) groups is 1. The molecule has 5 aliphatic rings. The Morgan fingerprint density at radius 2 is 2.00 bits per heavy atom. The highest BCUT2D eigenvalue weighted by Crippen LogP contribution is 2.53. The van der Waals surface area contributed by atoms with E-state index < -0.39 is 26.3 Å². The number of benzene rings is 2. The molecule has 9 nitrogen and oxygen atoms in total. The number of nitrogens with zero attached hydrogens (tertiary/aromatic N) is 2. The van der Waals surface area contributed by atoms with Crippen LogP contribution in [0.4, 0.5) is 5.69 Å². The fraction of sp³-hybridized carbons (Fsp3) is 0.538. The van der Waals surface area contributed by atoms with E-state index in [1.54, 1.807) is 20.1 Å². The summed E-state index contributed by atoms with van der Waals surface area (Å²) in [6.07, 6.45) is 10.8. The van der Waals surface area contributed by atoms with E-state index in [9.17, 15) is 13.2 Å². The van der Waals surface area contributed by atoms with Crippen LogP contribution in [0.2, 0.25) is 5.02 Å². The lowest BCUT2D eigenvalue weighted by Gasteiger charge is -2.50. The van der Waals surface area contributed by atoms with Crippen molar-refractivity contribution in [3.05, 3.63) is 87.3 Å². The second-order valence-electron chi connectivity index (χ2n) is 15.7. The lowest BCUT2D eigenvalue weighted by molar-refractivity contribution is -0.0754. The van der Waals surface area contributed by atoms with Gasteiger partial charge in [0.1, 0.15) is 11.5 Å². The van der Waals surface area contributed by atoms with Gasteiger partial charge in [-0.15, -0.1) is 0 Å². The molecule has 6 atom stereocenters. The summed E-state index contributed by atoms with van der Waals surface area (Å²) in [5, 5.41) is 5.18. The standard InChI is InChI=1S/C39H46ClN3O6S/c1-24-25(2)49-41-33(24)20-39(47-4)16-6-8-29-19-37(29,3)50(45,46)42-36(44)27-10-14-35-34(18-27)43(21-28-9-12-32(28)39)22-38(23-48-35)15-5-7-26-17-30(40)11-13-31(26)38/h6,10-11,13-14,16-18,28-29,32H,5,7-9,12,15,19-23H2,1-4H3,(H,42,44)/b16-6+/t28-,29+,32+,37+,38-,39-/m0/s1. The van der Waals surface area contributed by atoms with E-state index in [0.717, 1.165) is 66.4 Å². The van der Waals surface area contributed by atoms with E-state index in [1.165, 1.54) is 11.1 Å². The Balaban J connectivity index is 1.24. The van der Waals surface area contributed by atoms with Crippen molar-refractivity contribution in [3.8, 4) is 5.75 Å². The van der Waals surface area contributed by atoms with Crippen molar-refractivity contribution in [2.75, 3.05) is 31.7 Å². The molecule has 3 aliphatic carbocycles. The third kappa shape index (κ3) is 5.48. The van der Waals surface area contributed by atoms with Crippen LogP contribution < -0.4 is 14.4 Å². The van der Waals surface area contributed by atoms with Gasteiger partial charge in [-0.1, -0.05) is 35.0 Å². The minimum Gasteiger partial charge on any atom is -0.490 e. The first-order valence-corrected chi connectivity index (χ1v) is 19.8. The number of hydrogen-bond donors (Lipinski definition) is 1. The quantitative estimate of drug-likeness (QED) is 0.292. The lowest BCUT2D eigenvalue weighted by atomic mass is 9.62. The third-order valence-corrected chi connectivity index (χ3v) is 15.3. The molecule has 3 heterocycles. The number of hydrogen-bond acceptors (Lipinski definition) is 8. The molecule has 1 aromatic heterocycles. The average molecular weight is 720 g/mol. The van der Waals surface area contributed by atoms with Crippen molar-refractivity contribution in [1.29, 1.82) is 0 Å². The zero-order chi connectivity index (χ0) is 35.1. The maximum atomic E-state index is 13.7. The fourth-order valence-electron chi connectivity index (χ4n) is 9.29. The molecule has 11 heteroatoms. The lowest BCUT2D eigenvalue weighted by Crippen LogP contribution is -2.54. The van der Waals surface area contributed by atoms with Crippen molar-refractivity contribution >= 4 is 33.2 Å². The number of ether oxygens (including phenoxy) is 2. The number of amides is 1. The highest BCUT2D eigenvalue weighted by atomic mass is 35.5. The molecule has 50 heavy (non-hydrogen) atoms. The number of carbonyl (C=O) groups excluding carboxylic acids is 1. The first kappa shape index (κ1) is 33.8. The summed E-state index contributed by atoms with van der Waals surface area (Å²) in [7, 11) is -2.17. The maximum absolute atomic E-state index is 13.7. The van der Waals surface area contributed by atoms with Gasteiger partial charge in [0.2, 0.25) is 10.0 Å². The molecule has 0 saturated heterocycles. The molecule has 3 aromatic rings. The number of methoxy groups -OCH3 is 1. The predicted molar refractivity (Wildman–Crippen MR) is 193 cm³/mol. The summed E-state index contributed by atoms with van der Waals surface area (Å²) >= 11 is 6.48. The number of allylic oxidation sites excluding steroid dienone is 1. The minimum absolute atomic E-state index is 0.111. The van der Waals surface area contributed by atoms with Gasteiger partial charge in [-0.05, 0) is 125 Å². The zero-order valence-corrected chi connectivity index (χ0v) is 30.8.